The number of nitrogens with two attached hydrogens (primary N) is 1. The fourth-order valence-electron chi connectivity index (χ4n) is 1.80. The molecule has 0 saturated carbocycles. The quantitative estimate of drug-likeness (QED) is 0.629. The highest BCUT2D eigenvalue weighted by Crippen LogP contribution is 2.26. The molecule has 0 fully saturated rings. The predicted molar refractivity (Wildman–Crippen MR) is 70.0 cm³/mol. The van der Waals surface area contributed by atoms with Crippen molar-refractivity contribution in [1.82, 2.24) is 10.1 Å². The van der Waals surface area contributed by atoms with Gasteiger partial charge >= 0.3 is 0 Å². The summed E-state index contributed by atoms with van der Waals surface area (Å²) in [6.45, 7) is 0. The van der Waals surface area contributed by atoms with E-state index in [1.807, 2.05) is 0 Å². The number of sulfonamides is 1. The van der Waals surface area contributed by atoms with Crippen LogP contribution in [-0.2, 0) is 10.0 Å². The van der Waals surface area contributed by atoms with E-state index in [4.69, 9.17) is 5.73 Å². The van der Waals surface area contributed by atoms with Crippen LogP contribution in [-0.4, -0.2) is 18.6 Å². The van der Waals surface area contributed by atoms with Gasteiger partial charge in [0, 0.05) is 22.8 Å². The Bertz CT molecular complexity index is 821. The number of aromatic amines is 1. The van der Waals surface area contributed by atoms with Crippen LogP contribution in [0, 0.1) is 0 Å². The SMILES string of the molecule is Nc1ccc2c(S(=O)(=O)Nc3cnoc3)c[nH]c2c1. The van der Waals surface area contributed by atoms with E-state index in [0.717, 1.165) is 0 Å². The third-order valence-corrected chi connectivity index (χ3v) is 4.06. The zero-order valence-electron chi connectivity index (χ0n) is 9.62. The van der Waals surface area contributed by atoms with Crippen molar-refractivity contribution in [3.63, 3.8) is 0 Å². The lowest BCUT2D eigenvalue weighted by molar-refractivity contribution is 0.420. The first-order valence-corrected chi connectivity index (χ1v) is 6.83. The number of nitrogens with one attached hydrogen (secondary N) is 2. The largest absolute Gasteiger partial charge is 0.399 e. The molecule has 0 aliphatic heterocycles. The van der Waals surface area contributed by atoms with E-state index < -0.39 is 10.0 Å². The molecule has 8 heteroatoms. The molecule has 0 amide bonds. The molecule has 19 heavy (non-hydrogen) atoms. The zero-order valence-corrected chi connectivity index (χ0v) is 10.4. The Balaban J connectivity index is 2.08. The number of anilines is 2. The van der Waals surface area contributed by atoms with Crippen LogP contribution in [0.5, 0.6) is 0 Å². The Morgan fingerprint density at radius 3 is 2.95 bits per heavy atom. The minimum absolute atomic E-state index is 0.142. The average molecular weight is 278 g/mol. The second kappa shape index (κ2) is 4.02. The fraction of sp³-hybridized carbons (Fsp3) is 0. The van der Waals surface area contributed by atoms with E-state index in [0.29, 0.717) is 16.6 Å². The van der Waals surface area contributed by atoms with Crippen molar-refractivity contribution >= 4 is 32.3 Å². The number of hydrogen-bond acceptors (Lipinski definition) is 5. The third-order valence-electron chi connectivity index (χ3n) is 2.64. The maximum absolute atomic E-state index is 12.2. The van der Waals surface area contributed by atoms with Crippen molar-refractivity contribution in [3.8, 4) is 0 Å². The summed E-state index contributed by atoms with van der Waals surface area (Å²) >= 11 is 0. The standard InChI is InChI=1S/C11H10N4O3S/c12-7-1-2-9-10(3-7)13-5-11(9)19(16,17)15-8-4-14-18-6-8/h1-6,13,15H,12H2. The lowest BCUT2D eigenvalue weighted by Gasteiger charge is -2.03. The topological polar surface area (TPSA) is 114 Å². The monoisotopic (exact) mass is 278 g/mol. The summed E-state index contributed by atoms with van der Waals surface area (Å²) in [7, 11) is -3.70. The molecule has 0 saturated heterocycles. The highest BCUT2D eigenvalue weighted by Gasteiger charge is 2.19. The van der Waals surface area contributed by atoms with Crippen molar-refractivity contribution in [3.05, 3.63) is 36.9 Å². The van der Waals surface area contributed by atoms with Gasteiger partial charge in [-0.1, -0.05) is 5.16 Å². The second-order valence-electron chi connectivity index (χ2n) is 3.98. The molecule has 3 aromatic rings. The molecule has 0 spiro atoms. The van der Waals surface area contributed by atoms with Crippen LogP contribution in [0.2, 0.25) is 0 Å². The van der Waals surface area contributed by atoms with Gasteiger partial charge in [-0.3, -0.25) is 4.72 Å². The molecule has 2 aromatic heterocycles. The predicted octanol–water partition coefficient (Wildman–Crippen LogP) is 1.54. The Hall–Kier alpha value is -2.48. The number of H-pyrrole nitrogens is 1. The van der Waals surface area contributed by atoms with Gasteiger partial charge in [0.15, 0.2) is 0 Å². The van der Waals surface area contributed by atoms with Crippen molar-refractivity contribution in [1.29, 1.82) is 0 Å². The first-order valence-electron chi connectivity index (χ1n) is 5.35. The van der Waals surface area contributed by atoms with Gasteiger partial charge in [-0.05, 0) is 18.2 Å². The zero-order chi connectivity index (χ0) is 13.5. The number of rotatable bonds is 3. The molecule has 1 aromatic carbocycles. The van der Waals surface area contributed by atoms with Crippen LogP contribution in [0.15, 0.2) is 46.3 Å². The summed E-state index contributed by atoms with van der Waals surface area (Å²) in [4.78, 5) is 3.02. The lowest BCUT2D eigenvalue weighted by Crippen LogP contribution is -2.11. The van der Waals surface area contributed by atoms with Crippen LogP contribution < -0.4 is 10.5 Å². The molecular weight excluding hydrogens is 268 g/mol. The van der Waals surface area contributed by atoms with Crippen LogP contribution in [0.4, 0.5) is 11.4 Å². The molecule has 4 N–H and O–H groups in total. The molecule has 2 heterocycles. The van der Waals surface area contributed by atoms with Crippen molar-refractivity contribution < 1.29 is 12.9 Å². The number of fused-ring (bicyclic) bond motifs is 1. The van der Waals surface area contributed by atoms with Crippen molar-refractivity contribution in [2.75, 3.05) is 10.5 Å². The number of benzene rings is 1. The molecule has 0 atom stereocenters. The molecule has 0 bridgehead atoms. The van der Waals surface area contributed by atoms with E-state index >= 15 is 0 Å². The molecule has 3 rings (SSSR count). The Kier molecular flexibility index (Phi) is 2.46. The van der Waals surface area contributed by atoms with E-state index in [1.54, 1.807) is 18.2 Å². The molecule has 7 nitrogen and oxygen atoms in total. The van der Waals surface area contributed by atoms with Crippen LogP contribution >= 0.6 is 0 Å². The molecule has 98 valence electrons. The average Bonchev–Trinajstić information content (AvgIpc) is 2.96. The van der Waals surface area contributed by atoms with Gasteiger partial charge in [0.25, 0.3) is 10.0 Å². The molecular formula is C11H10N4O3S. The smallest absolute Gasteiger partial charge is 0.264 e. The second-order valence-corrected chi connectivity index (χ2v) is 5.63. The van der Waals surface area contributed by atoms with Gasteiger partial charge < -0.3 is 15.2 Å². The number of nitrogens with zero attached hydrogens (tertiary/aromatic N) is 1. The highest BCUT2D eigenvalue weighted by molar-refractivity contribution is 7.93. The fourth-order valence-corrected chi connectivity index (χ4v) is 3.01. The minimum atomic E-state index is -3.70. The lowest BCUT2D eigenvalue weighted by atomic mass is 10.2. The summed E-state index contributed by atoms with van der Waals surface area (Å²) in [5.74, 6) is 0. The molecule has 0 radical (unpaired) electrons. The van der Waals surface area contributed by atoms with E-state index in [-0.39, 0.29) is 10.6 Å². The van der Waals surface area contributed by atoms with Gasteiger partial charge in [0.2, 0.25) is 0 Å². The number of hydrogen-bond donors (Lipinski definition) is 3. The maximum atomic E-state index is 12.2. The van der Waals surface area contributed by atoms with E-state index in [9.17, 15) is 8.42 Å². The summed E-state index contributed by atoms with van der Waals surface area (Å²) in [5.41, 5.74) is 7.13. The van der Waals surface area contributed by atoms with Gasteiger partial charge in [0.05, 0.1) is 6.20 Å². The van der Waals surface area contributed by atoms with Gasteiger partial charge in [-0.15, -0.1) is 0 Å². The Morgan fingerprint density at radius 2 is 2.21 bits per heavy atom. The van der Waals surface area contributed by atoms with Gasteiger partial charge in [-0.25, -0.2) is 8.42 Å². The van der Waals surface area contributed by atoms with Crippen molar-refractivity contribution in [2.24, 2.45) is 0 Å². The van der Waals surface area contributed by atoms with Gasteiger partial charge in [0.1, 0.15) is 16.8 Å². The first-order chi connectivity index (χ1) is 9.06. The van der Waals surface area contributed by atoms with E-state index in [2.05, 4.69) is 19.4 Å². The summed E-state index contributed by atoms with van der Waals surface area (Å²) in [5, 5.41) is 4.00. The molecule has 0 aliphatic carbocycles. The van der Waals surface area contributed by atoms with Crippen LogP contribution in [0.3, 0.4) is 0 Å². The van der Waals surface area contributed by atoms with Crippen molar-refractivity contribution in [2.45, 2.75) is 4.90 Å². The number of aromatic nitrogens is 2. The van der Waals surface area contributed by atoms with E-state index in [1.165, 1.54) is 18.7 Å². The van der Waals surface area contributed by atoms with Gasteiger partial charge in [-0.2, -0.15) is 0 Å². The minimum Gasteiger partial charge on any atom is -0.399 e. The third kappa shape index (κ3) is 2.02. The molecule has 0 unspecified atom stereocenters. The summed E-state index contributed by atoms with van der Waals surface area (Å²) in [6, 6.07) is 4.98. The highest BCUT2D eigenvalue weighted by atomic mass is 32.2. The summed E-state index contributed by atoms with van der Waals surface area (Å²) < 4.78 is 31.4. The summed E-state index contributed by atoms with van der Waals surface area (Å²) in [6.07, 6.45) is 3.91. The van der Waals surface area contributed by atoms with Crippen LogP contribution in [0.25, 0.3) is 10.9 Å². The normalized spacial score (nSPS) is 11.8. The van der Waals surface area contributed by atoms with Crippen LogP contribution in [0.1, 0.15) is 0 Å². The Labute approximate surface area is 108 Å². The Morgan fingerprint density at radius 1 is 1.37 bits per heavy atom. The first kappa shape index (κ1) is 11.6. The number of nitrogen functional groups attached to an aromatic ring is 1. The molecule has 0 aliphatic rings. The maximum Gasteiger partial charge on any atom is 0.264 e.